The van der Waals surface area contributed by atoms with Gasteiger partial charge in [-0.3, -0.25) is 9.59 Å². The molecule has 1 aromatic heterocycles. The number of aromatic nitrogens is 2. The quantitative estimate of drug-likeness (QED) is 0.487. The Morgan fingerprint density at radius 2 is 1.78 bits per heavy atom. The molecular weight excluding hydrogens is 398 g/mol. The van der Waals surface area contributed by atoms with Crippen LogP contribution in [0.25, 0.3) is 0 Å². The molecule has 2 aromatic rings. The fraction of sp³-hybridized carbons (Fsp3) is 0.474. The minimum Gasteiger partial charge on any atom is -0.355 e. The van der Waals surface area contributed by atoms with Crippen LogP contribution in [0.15, 0.2) is 26.9 Å². The zero-order valence-electron chi connectivity index (χ0n) is 15.3. The number of aryl methyl sites for hydroxylation is 2. The van der Waals surface area contributed by atoms with E-state index in [1.807, 2.05) is 13.0 Å². The molecule has 1 amide bonds. The van der Waals surface area contributed by atoms with Crippen LogP contribution in [0.5, 0.6) is 0 Å². The molecule has 0 saturated heterocycles. The van der Waals surface area contributed by atoms with Crippen molar-refractivity contribution in [2.45, 2.75) is 47.7 Å². The van der Waals surface area contributed by atoms with Crippen LogP contribution in [-0.2, 0) is 17.6 Å². The van der Waals surface area contributed by atoms with Crippen molar-refractivity contribution in [1.29, 1.82) is 0 Å². The Balaban J connectivity index is 1.48. The number of carbonyl (C=O) groups excluding carboxylic acids is 2. The number of rotatable bonds is 9. The molecule has 0 unspecified atom stereocenters. The number of fused-ring (bicyclic) bond motifs is 1. The van der Waals surface area contributed by atoms with E-state index in [1.165, 1.54) is 58.8 Å². The number of benzene rings is 1. The first-order chi connectivity index (χ1) is 13.2. The summed E-state index contributed by atoms with van der Waals surface area (Å²) in [5, 5.41) is 11.1. The molecule has 0 atom stereocenters. The lowest BCUT2D eigenvalue weighted by Gasteiger charge is -2.16. The Hall–Kier alpha value is -1.38. The SMILES string of the molecule is CCCNC(=O)CSc1nnc(SCC(=O)c2ccc3c(c2)CCCC3)s1. The van der Waals surface area contributed by atoms with Crippen LogP contribution in [0.4, 0.5) is 0 Å². The van der Waals surface area contributed by atoms with E-state index in [9.17, 15) is 9.59 Å². The van der Waals surface area contributed by atoms with E-state index in [1.54, 1.807) is 0 Å². The summed E-state index contributed by atoms with van der Waals surface area (Å²) in [5.41, 5.74) is 3.50. The second-order valence-electron chi connectivity index (χ2n) is 6.37. The third-order valence-electron chi connectivity index (χ3n) is 4.28. The third-order valence-corrected chi connectivity index (χ3v) is 7.47. The maximum atomic E-state index is 12.5. The molecule has 27 heavy (non-hydrogen) atoms. The van der Waals surface area contributed by atoms with Crippen LogP contribution in [-0.4, -0.2) is 39.9 Å². The van der Waals surface area contributed by atoms with Gasteiger partial charge in [-0.15, -0.1) is 10.2 Å². The molecule has 3 rings (SSSR count). The standard InChI is InChI=1S/C19H23N3O2S3/c1-2-9-20-17(24)12-26-19-22-21-18(27-19)25-11-16(23)15-8-7-13-5-3-4-6-14(13)10-15/h7-8,10H,2-6,9,11-12H2,1H3,(H,20,24). The lowest BCUT2D eigenvalue weighted by molar-refractivity contribution is -0.118. The van der Waals surface area contributed by atoms with Gasteiger partial charge in [0.25, 0.3) is 0 Å². The molecule has 0 saturated carbocycles. The van der Waals surface area contributed by atoms with Crippen LogP contribution in [0.3, 0.4) is 0 Å². The Morgan fingerprint density at radius 1 is 1.07 bits per heavy atom. The molecule has 0 bridgehead atoms. The highest BCUT2D eigenvalue weighted by atomic mass is 32.2. The Bertz CT molecular complexity index is 807. The average molecular weight is 422 g/mol. The van der Waals surface area contributed by atoms with E-state index < -0.39 is 0 Å². The van der Waals surface area contributed by atoms with E-state index in [0.717, 1.165) is 33.5 Å². The number of nitrogens with zero attached hydrogens (tertiary/aromatic N) is 2. The molecule has 0 radical (unpaired) electrons. The van der Waals surface area contributed by atoms with Gasteiger partial charge in [0.15, 0.2) is 14.5 Å². The summed E-state index contributed by atoms with van der Waals surface area (Å²) >= 11 is 4.22. The monoisotopic (exact) mass is 421 g/mol. The normalized spacial score (nSPS) is 13.2. The first-order valence-electron chi connectivity index (χ1n) is 9.16. The van der Waals surface area contributed by atoms with E-state index >= 15 is 0 Å². The number of nitrogens with one attached hydrogen (secondary N) is 1. The Labute approximate surface area is 172 Å². The van der Waals surface area contributed by atoms with Gasteiger partial charge in [-0.25, -0.2) is 0 Å². The van der Waals surface area contributed by atoms with Gasteiger partial charge in [-0.2, -0.15) is 0 Å². The van der Waals surface area contributed by atoms with Crippen molar-refractivity contribution >= 4 is 46.6 Å². The van der Waals surface area contributed by atoms with E-state index in [4.69, 9.17) is 0 Å². The Morgan fingerprint density at radius 3 is 2.52 bits per heavy atom. The van der Waals surface area contributed by atoms with Crippen molar-refractivity contribution in [3.05, 3.63) is 34.9 Å². The minimum atomic E-state index is 0.00819. The molecule has 0 spiro atoms. The molecule has 0 fully saturated rings. The third kappa shape index (κ3) is 6.05. The van der Waals surface area contributed by atoms with Crippen LogP contribution in [0.1, 0.15) is 47.7 Å². The minimum absolute atomic E-state index is 0.00819. The molecule has 1 aliphatic rings. The van der Waals surface area contributed by atoms with Crippen molar-refractivity contribution < 1.29 is 9.59 Å². The fourth-order valence-electron chi connectivity index (χ4n) is 2.87. The molecule has 1 aromatic carbocycles. The van der Waals surface area contributed by atoms with Crippen molar-refractivity contribution in [2.24, 2.45) is 0 Å². The fourth-order valence-corrected chi connectivity index (χ4v) is 5.62. The van der Waals surface area contributed by atoms with Gasteiger partial charge >= 0.3 is 0 Å². The van der Waals surface area contributed by atoms with E-state index in [-0.39, 0.29) is 11.7 Å². The smallest absolute Gasteiger partial charge is 0.230 e. The predicted octanol–water partition coefficient (Wildman–Crippen LogP) is 4.01. The molecule has 1 N–H and O–H groups in total. The summed E-state index contributed by atoms with van der Waals surface area (Å²) in [4.78, 5) is 24.1. The molecule has 5 nitrogen and oxygen atoms in total. The number of Topliss-reactive ketones (excluding diaryl/α,β-unsaturated/α-hetero) is 1. The van der Waals surface area contributed by atoms with Gasteiger partial charge in [0.1, 0.15) is 0 Å². The molecule has 0 aliphatic heterocycles. The molecule has 8 heteroatoms. The zero-order chi connectivity index (χ0) is 19.1. The maximum Gasteiger partial charge on any atom is 0.230 e. The topological polar surface area (TPSA) is 72.0 Å². The highest BCUT2D eigenvalue weighted by Crippen LogP contribution is 2.29. The van der Waals surface area contributed by atoms with E-state index in [0.29, 0.717) is 18.1 Å². The highest BCUT2D eigenvalue weighted by molar-refractivity contribution is 8.03. The van der Waals surface area contributed by atoms with Gasteiger partial charge in [0, 0.05) is 12.1 Å². The maximum absolute atomic E-state index is 12.5. The number of hydrogen-bond donors (Lipinski definition) is 1. The summed E-state index contributed by atoms with van der Waals surface area (Å²) in [6.45, 7) is 2.72. The molecule has 1 aliphatic carbocycles. The van der Waals surface area contributed by atoms with Crippen LogP contribution < -0.4 is 5.32 Å². The number of ketones is 1. The first-order valence-corrected chi connectivity index (χ1v) is 11.9. The summed E-state index contributed by atoms with van der Waals surface area (Å²) in [7, 11) is 0. The van der Waals surface area contributed by atoms with Gasteiger partial charge in [0.2, 0.25) is 5.91 Å². The van der Waals surface area contributed by atoms with Crippen LogP contribution in [0, 0.1) is 0 Å². The van der Waals surface area contributed by atoms with Gasteiger partial charge < -0.3 is 5.32 Å². The lowest BCUT2D eigenvalue weighted by Crippen LogP contribution is -2.25. The molecular formula is C19H23N3O2S3. The lowest BCUT2D eigenvalue weighted by atomic mass is 9.90. The summed E-state index contributed by atoms with van der Waals surface area (Å²) in [6.07, 6.45) is 5.58. The van der Waals surface area contributed by atoms with Crippen molar-refractivity contribution in [1.82, 2.24) is 15.5 Å². The second kappa shape index (κ2) is 10.2. The van der Waals surface area contributed by atoms with Crippen molar-refractivity contribution in [3.8, 4) is 0 Å². The van der Waals surface area contributed by atoms with Crippen molar-refractivity contribution in [3.63, 3.8) is 0 Å². The number of thioether (sulfide) groups is 2. The largest absolute Gasteiger partial charge is 0.355 e. The summed E-state index contributed by atoms with van der Waals surface area (Å²) in [6, 6.07) is 6.12. The summed E-state index contributed by atoms with van der Waals surface area (Å²) < 4.78 is 1.52. The summed E-state index contributed by atoms with van der Waals surface area (Å²) in [5.74, 6) is 0.827. The average Bonchev–Trinajstić information content (AvgIpc) is 3.16. The van der Waals surface area contributed by atoms with Gasteiger partial charge in [-0.1, -0.05) is 53.9 Å². The second-order valence-corrected chi connectivity index (χ2v) is 9.80. The number of amides is 1. The predicted molar refractivity (Wildman–Crippen MR) is 112 cm³/mol. The number of hydrogen-bond acceptors (Lipinski definition) is 7. The number of carbonyl (C=O) groups is 2. The van der Waals surface area contributed by atoms with Crippen LogP contribution >= 0.6 is 34.9 Å². The van der Waals surface area contributed by atoms with Crippen molar-refractivity contribution in [2.75, 3.05) is 18.1 Å². The van der Waals surface area contributed by atoms with Gasteiger partial charge in [-0.05, 0) is 49.3 Å². The molecule has 144 valence electrons. The first kappa shape index (κ1) is 20.4. The Kier molecular flexibility index (Phi) is 7.72. The van der Waals surface area contributed by atoms with Crippen LogP contribution in [0.2, 0.25) is 0 Å². The highest BCUT2D eigenvalue weighted by Gasteiger charge is 2.14. The van der Waals surface area contributed by atoms with Gasteiger partial charge in [0.05, 0.1) is 11.5 Å². The molecule has 1 heterocycles. The zero-order valence-corrected chi connectivity index (χ0v) is 17.8. The van der Waals surface area contributed by atoms with E-state index in [2.05, 4.69) is 27.6 Å².